The van der Waals surface area contributed by atoms with Crippen molar-refractivity contribution in [1.82, 2.24) is 0 Å². The molecule has 1 aromatic carbocycles. The normalized spacial score (nSPS) is 21.1. The summed E-state index contributed by atoms with van der Waals surface area (Å²) in [5.74, 6) is 0.109. The summed E-state index contributed by atoms with van der Waals surface area (Å²) in [4.78, 5) is 19.8. The van der Waals surface area contributed by atoms with E-state index in [4.69, 9.17) is 4.99 Å². The van der Waals surface area contributed by atoms with Crippen molar-refractivity contribution < 1.29 is 4.79 Å². The van der Waals surface area contributed by atoms with Gasteiger partial charge in [0.1, 0.15) is 8.07 Å². The number of benzene rings is 1. The van der Waals surface area contributed by atoms with Gasteiger partial charge in [0.15, 0.2) is 5.78 Å². The van der Waals surface area contributed by atoms with E-state index in [0.29, 0.717) is 11.1 Å². The predicted octanol–water partition coefficient (Wildman–Crippen LogP) is 4.84. The van der Waals surface area contributed by atoms with Crippen LogP contribution in [0.15, 0.2) is 46.6 Å². The molecule has 1 aliphatic carbocycles. The number of hydrogen-bond donors (Lipinski definition) is 0. The van der Waals surface area contributed by atoms with Crippen LogP contribution in [0.25, 0.3) is 0 Å². The Bertz CT molecular complexity index is 849. The molecule has 0 amide bonds. The molecule has 0 radical (unpaired) electrons. The van der Waals surface area contributed by atoms with Crippen LogP contribution >= 0.6 is 0 Å². The highest BCUT2D eigenvalue weighted by Crippen LogP contribution is 2.44. The standard InChI is InChI=1S/C23H30N2OSi/c1-16(2)27(17(3)4)22-14-18(25-12-6-5-7-13-25)8-10-20(22)24-21-11-9-19(26)15-23(21)27/h8-11,14-17H,5-7,12-13H2,1-4H3. The summed E-state index contributed by atoms with van der Waals surface area (Å²) < 4.78 is 0. The van der Waals surface area contributed by atoms with E-state index in [0.717, 1.165) is 24.5 Å². The minimum absolute atomic E-state index is 0.109. The highest BCUT2D eigenvalue weighted by Gasteiger charge is 2.50. The summed E-state index contributed by atoms with van der Waals surface area (Å²) in [5, 5.41) is 2.66. The van der Waals surface area contributed by atoms with Crippen molar-refractivity contribution in [3.05, 3.63) is 41.6 Å². The number of carbonyl (C=O) groups excluding carboxylic acids is 1. The molecule has 4 rings (SSSR count). The number of nitrogens with zero attached hydrogens (tertiary/aromatic N) is 2. The fraction of sp³-hybridized carbons (Fsp3) is 0.478. The van der Waals surface area contributed by atoms with E-state index in [-0.39, 0.29) is 5.78 Å². The summed E-state index contributed by atoms with van der Waals surface area (Å²) in [6, 6.07) is 6.90. The van der Waals surface area contributed by atoms with E-state index in [9.17, 15) is 4.79 Å². The Kier molecular flexibility index (Phi) is 4.71. The molecule has 1 saturated heterocycles. The fourth-order valence-electron chi connectivity index (χ4n) is 5.43. The molecule has 3 nitrogen and oxygen atoms in total. The number of hydrogen-bond acceptors (Lipinski definition) is 3. The average molecular weight is 379 g/mol. The Morgan fingerprint density at radius 2 is 1.70 bits per heavy atom. The third kappa shape index (κ3) is 2.85. The van der Waals surface area contributed by atoms with Crippen LogP contribution in [0.2, 0.25) is 11.1 Å². The average Bonchev–Trinajstić information content (AvgIpc) is 2.66. The molecule has 0 unspecified atom stereocenters. The quantitative estimate of drug-likeness (QED) is 0.557. The number of fused-ring (bicyclic) bond motifs is 2. The zero-order valence-electron chi connectivity index (χ0n) is 17.0. The molecule has 142 valence electrons. The SMILES string of the molecule is CC(C)[Si]1(C(C)C)C2=CC(=O)C=CC2=Nc2ccc(N3CCCCC3)cc21. The molecule has 0 bridgehead atoms. The van der Waals surface area contributed by atoms with Crippen LogP contribution in [-0.2, 0) is 4.79 Å². The number of allylic oxidation sites excluding steroid dienone is 4. The first-order valence-electron chi connectivity index (χ1n) is 10.4. The van der Waals surface area contributed by atoms with Crippen LogP contribution in [0.3, 0.4) is 0 Å². The lowest BCUT2D eigenvalue weighted by Gasteiger charge is -2.45. The van der Waals surface area contributed by atoms with Crippen LogP contribution < -0.4 is 10.1 Å². The monoisotopic (exact) mass is 378 g/mol. The van der Waals surface area contributed by atoms with Crippen LogP contribution in [0.4, 0.5) is 11.4 Å². The molecule has 2 heterocycles. The van der Waals surface area contributed by atoms with Crippen molar-refractivity contribution in [1.29, 1.82) is 0 Å². The minimum Gasteiger partial charge on any atom is -0.372 e. The van der Waals surface area contributed by atoms with Crippen LogP contribution in [-0.4, -0.2) is 32.7 Å². The van der Waals surface area contributed by atoms with Crippen molar-refractivity contribution in [2.24, 2.45) is 4.99 Å². The summed E-state index contributed by atoms with van der Waals surface area (Å²) in [7, 11) is -2.13. The number of rotatable bonds is 3. The van der Waals surface area contributed by atoms with Gasteiger partial charge >= 0.3 is 0 Å². The molecule has 1 fully saturated rings. The Morgan fingerprint density at radius 3 is 2.37 bits per heavy atom. The van der Waals surface area contributed by atoms with Crippen LogP contribution in [0, 0.1) is 0 Å². The Balaban J connectivity index is 1.94. The molecule has 2 aliphatic heterocycles. The maximum Gasteiger partial charge on any atom is 0.178 e. The van der Waals surface area contributed by atoms with E-state index in [1.807, 2.05) is 12.2 Å². The second-order valence-electron chi connectivity index (χ2n) is 8.72. The summed E-state index contributed by atoms with van der Waals surface area (Å²) >= 11 is 0. The van der Waals surface area contributed by atoms with Gasteiger partial charge < -0.3 is 4.90 Å². The van der Waals surface area contributed by atoms with Gasteiger partial charge in [-0.15, -0.1) is 0 Å². The fourth-order valence-corrected chi connectivity index (χ4v) is 11.4. The zero-order valence-corrected chi connectivity index (χ0v) is 18.0. The number of anilines is 1. The molecule has 0 atom stereocenters. The molecular formula is C23H30N2OSi. The summed E-state index contributed by atoms with van der Waals surface area (Å²) in [5.41, 5.74) is 4.48. The molecule has 0 N–H and O–H groups in total. The van der Waals surface area contributed by atoms with Gasteiger partial charge in [-0.2, -0.15) is 0 Å². The summed E-state index contributed by atoms with van der Waals surface area (Å²) in [6.07, 6.45) is 9.39. The van der Waals surface area contributed by atoms with Gasteiger partial charge in [-0.05, 0) is 77.2 Å². The van der Waals surface area contributed by atoms with Gasteiger partial charge in [-0.25, -0.2) is 4.99 Å². The number of ketones is 1. The molecular weight excluding hydrogens is 348 g/mol. The van der Waals surface area contributed by atoms with Crippen molar-refractivity contribution in [3.8, 4) is 0 Å². The first-order valence-corrected chi connectivity index (χ1v) is 12.5. The third-order valence-electron chi connectivity index (χ3n) is 6.62. The highest BCUT2D eigenvalue weighted by atomic mass is 28.3. The second-order valence-corrected chi connectivity index (χ2v) is 13.8. The van der Waals surface area contributed by atoms with Crippen molar-refractivity contribution in [3.63, 3.8) is 0 Å². The number of aliphatic imine (C=N–C) groups is 1. The Morgan fingerprint density at radius 1 is 1.00 bits per heavy atom. The second kappa shape index (κ2) is 6.90. The maximum absolute atomic E-state index is 12.3. The van der Waals surface area contributed by atoms with E-state index >= 15 is 0 Å². The lowest BCUT2D eigenvalue weighted by atomic mass is 10.1. The van der Waals surface area contributed by atoms with Crippen LogP contribution in [0.1, 0.15) is 47.0 Å². The van der Waals surface area contributed by atoms with Gasteiger partial charge in [0, 0.05) is 18.8 Å². The first-order chi connectivity index (χ1) is 12.9. The maximum atomic E-state index is 12.3. The molecule has 0 saturated carbocycles. The molecule has 4 heteroatoms. The minimum atomic E-state index is -2.13. The van der Waals surface area contributed by atoms with E-state index in [1.165, 1.54) is 35.3 Å². The third-order valence-corrected chi connectivity index (χ3v) is 12.8. The van der Waals surface area contributed by atoms with Crippen molar-refractivity contribution in [2.45, 2.75) is 58.0 Å². The van der Waals surface area contributed by atoms with Gasteiger partial charge in [0.25, 0.3) is 0 Å². The Hall–Kier alpha value is -1.94. The van der Waals surface area contributed by atoms with E-state index in [2.05, 4.69) is 50.8 Å². The van der Waals surface area contributed by atoms with Crippen molar-refractivity contribution >= 4 is 36.1 Å². The Labute approximate surface area is 163 Å². The number of carbonyl (C=O) groups is 1. The van der Waals surface area contributed by atoms with Gasteiger partial charge in [0.05, 0.1) is 11.4 Å². The number of piperidine rings is 1. The summed E-state index contributed by atoms with van der Waals surface area (Å²) in [6.45, 7) is 11.7. The molecule has 0 spiro atoms. The highest BCUT2D eigenvalue weighted by molar-refractivity contribution is 7.04. The lowest BCUT2D eigenvalue weighted by molar-refractivity contribution is -0.110. The van der Waals surface area contributed by atoms with Crippen molar-refractivity contribution in [2.75, 3.05) is 18.0 Å². The smallest absolute Gasteiger partial charge is 0.178 e. The molecule has 27 heavy (non-hydrogen) atoms. The van der Waals surface area contributed by atoms with E-state index in [1.54, 1.807) is 6.08 Å². The lowest BCUT2D eigenvalue weighted by Crippen LogP contribution is -2.59. The molecule has 3 aliphatic rings. The zero-order chi connectivity index (χ0) is 19.2. The first kappa shape index (κ1) is 18.4. The van der Waals surface area contributed by atoms with Gasteiger partial charge in [0.2, 0.25) is 0 Å². The molecule has 0 aromatic heterocycles. The largest absolute Gasteiger partial charge is 0.372 e. The van der Waals surface area contributed by atoms with Gasteiger partial charge in [-0.3, -0.25) is 4.79 Å². The molecule has 1 aromatic rings. The van der Waals surface area contributed by atoms with Gasteiger partial charge in [-0.1, -0.05) is 27.7 Å². The predicted molar refractivity (Wildman–Crippen MR) is 117 cm³/mol. The van der Waals surface area contributed by atoms with E-state index < -0.39 is 8.07 Å². The van der Waals surface area contributed by atoms with Crippen LogP contribution in [0.5, 0.6) is 0 Å². The topological polar surface area (TPSA) is 32.7 Å².